The number of fused-ring (bicyclic) bond motifs is 1. The summed E-state index contributed by atoms with van der Waals surface area (Å²) in [7, 11) is 0. The summed E-state index contributed by atoms with van der Waals surface area (Å²) in [5.74, 6) is 0.134. The van der Waals surface area contributed by atoms with Crippen LogP contribution >= 0.6 is 0 Å². The maximum Gasteiger partial charge on any atom is 0.219 e. The highest BCUT2D eigenvalue weighted by Gasteiger charge is 2.27. The summed E-state index contributed by atoms with van der Waals surface area (Å²) in [6.45, 7) is 4.10. The summed E-state index contributed by atoms with van der Waals surface area (Å²) >= 11 is 0. The average molecular weight is 394 g/mol. The van der Waals surface area contributed by atoms with E-state index in [1.807, 2.05) is 23.1 Å². The van der Waals surface area contributed by atoms with Crippen molar-refractivity contribution in [3.63, 3.8) is 0 Å². The second-order valence-corrected chi connectivity index (χ2v) is 8.26. The predicted octanol–water partition coefficient (Wildman–Crippen LogP) is 3.78. The first-order chi connectivity index (χ1) is 14.2. The van der Waals surface area contributed by atoms with E-state index in [0.29, 0.717) is 19.0 Å². The van der Waals surface area contributed by atoms with E-state index in [1.165, 1.54) is 43.4 Å². The van der Waals surface area contributed by atoms with Crippen LogP contribution in [0, 0.1) is 0 Å². The highest BCUT2D eigenvalue weighted by Crippen LogP contribution is 2.34. The van der Waals surface area contributed by atoms with Gasteiger partial charge in [-0.3, -0.25) is 9.78 Å². The van der Waals surface area contributed by atoms with E-state index in [2.05, 4.69) is 23.1 Å². The van der Waals surface area contributed by atoms with Gasteiger partial charge in [-0.25, -0.2) is 0 Å². The molecule has 1 saturated carbocycles. The van der Waals surface area contributed by atoms with E-state index < -0.39 is 0 Å². The number of nitrogens with zero attached hydrogens (tertiary/aromatic N) is 3. The third-order valence-electron chi connectivity index (χ3n) is 6.29. The van der Waals surface area contributed by atoms with Crippen molar-refractivity contribution in [2.24, 2.45) is 0 Å². The average Bonchev–Trinajstić information content (AvgIpc) is 2.94. The molecule has 1 N–H and O–H groups in total. The monoisotopic (exact) mass is 393 g/mol. The zero-order valence-corrected chi connectivity index (χ0v) is 17.3. The number of hydrogen-bond donors (Lipinski definition) is 1. The number of aliphatic hydroxyl groups excluding tert-OH is 1. The Hall–Kier alpha value is -2.40. The minimum Gasteiger partial charge on any atom is -0.396 e. The summed E-state index contributed by atoms with van der Waals surface area (Å²) in [6.07, 6.45) is 6.98. The van der Waals surface area contributed by atoms with Crippen molar-refractivity contribution in [2.75, 3.05) is 24.6 Å². The van der Waals surface area contributed by atoms with Gasteiger partial charge in [0.25, 0.3) is 0 Å². The summed E-state index contributed by atoms with van der Waals surface area (Å²) in [4.78, 5) is 21.4. The number of aliphatic hydroxyl groups is 1. The molecule has 0 spiro atoms. The second kappa shape index (κ2) is 8.95. The molecule has 0 bridgehead atoms. The number of aromatic nitrogens is 1. The molecule has 0 saturated heterocycles. The van der Waals surface area contributed by atoms with Gasteiger partial charge in [-0.2, -0.15) is 0 Å². The van der Waals surface area contributed by atoms with Crippen molar-refractivity contribution in [3.05, 3.63) is 47.7 Å². The smallest absolute Gasteiger partial charge is 0.219 e. The lowest BCUT2D eigenvalue weighted by Crippen LogP contribution is -2.40. The molecule has 29 heavy (non-hydrogen) atoms. The maximum absolute atomic E-state index is 12.2. The lowest BCUT2D eigenvalue weighted by atomic mass is 9.93. The number of hydrogen-bond acceptors (Lipinski definition) is 4. The molecule has 0 atom stereocenters. The first kappa shape index (κ1) is 19.9. The highest BCUT2D eigenvalue weighted by molar-refractivity contribution is 5.75. The van der Waals surface area contributed by atoms with Gasteiger partial charge in [0.15, 0.2) is 0 Å². The van der Waals surface area contributed by atoms with Gasteiger partial charge >= 0.3 is 0 Å². The van der Waals surface area contributed by atoms with Gasteiger partial charge in [-0.1, -0.05) is 31.4 Å². The third-order valence-corrected chi connectivity index (χ3v) is 6.29. The number of benzene rings is 1. The van der Waals surface area contributed by atoms with Crippen molar-refractivity contribution >= 4 is 11.6 Å². The fourth-order valence-corrected chi connectivity index (χ4v) is 4.72. The van der Waals surface area contributed by atoms with E-state index in [0.717, 1.165) is 30.0 Å². The Morgan fingerprint density at radius 3 is 2.72 bits per heavy atom. The van der Waals surface area contributed by atoms with Crippen LogP contribution in [0.25, 0.3) is 11.3 Å². The first-order valence-electron chi connectivity index (χ1n) is 10.9. The van der Waals surface area contributed by atoms with Crippen LogP contribution in [0.4, 0.5) is 5.69 Å². The molecule has 1 fully saturated rings. The van der Waals surface area contributed by atoms with Gasteiger partial charge in [0, 0.05) is 62.6 Å². The fourth-order valence-electron chi connectivity index (χ4n) is 4.72. The van der Waals surface area contributed by atoms with Crippen LogP contribution in [0.5, 0.6) is 0 Å². The fraction of sp³-hybridized carbons (Fsp3) is 0.500. The molecule has 1 aromatic carbocycles. The molecule has 1 amide bonds. The third kappa shape index (κ3) is 4.45. The molecule has 1 aromatic heterocycles. The standard InChI is InChI=1S/C24H31N3O2/c1-18(29)26-13-14-27(22-7-3-2-4-8-22)24-11-10-19(16-20(24)17-26)23-9-5-6-21(25-23)12-15-28/h5-6,9-11,16,22,28H,2-4,7-8,12-15,17H2,1H3. The van der Waals surface area contributed by atoms with Crippen LogP contribution < -0.4 is 4.90 Å². The molecule has 2 heterocycles. The second-order valence-electron chi connectivity index (χ2n) is 8.26. The summed E-state index contributed by atoms with van der Waals surface area (Å²) in [6, 6.07) is 13.1. The molecule has 154 valence electrons. The van der Waals surface area contributed by atoms with Crippen LogP contribution in [0.1, 0.15) is 50.3 Å². The maximum atomic E-state index is 12.2. The van der Waals surface area contributed by atoms with Crippen LogP contribution in [0.3, 0.4) is 0 Å². The van der Waals surface area contributed by atoms with Crippen molar-refractivity contribution in [2.45, 2.75) is 58.0 Å². The number of anilines is 1. The lowest BCUT2D eigenvalue weighted by Gasteiger charge is -2.36. The molecule has 4 rings (SSSR count). The molecule has 1 aliphatic carbocycles. The van der Waals surface area contributed by atoms with Gasteiger partial charge in [0.2, 0.25) is 5.91 Å². The molecule has 1 aliphatic heterocycles. The Balaban J connectivity index is 1.70. The minimum absolute atomic E-state index is 0.102. The van der Waals surface area contributed by atoms with Crippen molar-refractivity contribution in [1.29, 1.82) is 0 Å². The van der Waals surface area contributed by atoms with E-state index in [4.69, 9.17) is 4.98 Å². The van der Waals surface area contributed by atoms with Gasteiger partial charge in [0.1, 0.15) is 0 Å². The molecule has 2 aromatic rings. The molecular formula is C24H31N3O2. The highest BCUT2D eigenvalue weighted by atomic mass is 16.3. The predicted molar refractivity (Wildman–Crippen MR) is 116 cm³/mol. The topological polar surface area (TPSA) is 56.7 Å². The largest absolute Gasteiger partial charge is 0.396 e. The van der Waals surface area contributed by atoms with E-state index in [-0.39, 0.29) is 12.5 Å². The van der Waals surface area contributed by atoms with E-state index in [9.17, 15) is 9.90 Å². The van der Waals surface area contributed by atoms with Crippen LogP contribution in [-0.2, 0) is 17.8 Å². The van der Waals surface area contributed by atoms with Crippen LogP contribution in [-0.4, -0.2) is 46.6 Å². The molecule has 0 unspecified atom stereocenters. The summed E-state index contributed by atoms with van der Waals surface area (Å²) < 4.78 is 0. The Labute approximate surface area is 173 Å². The Morgan fingerprint density at radius 2 is 1.97 bits per heavy atom. The van der Waals surface area contributed by atoms with Crippen molar-refractivity contribution < 1.29 is 9.90 Å². The number of carbonyl (C=O) groups excluding carboxylic acids is 1. The minimum atomic E-state index is 0.102. The van der Waals surface area contributed by atoms with Crippen LogP contribution in [0.2, 0.25) is 0 Å². The van der Waals surface area contributed by atoms with Crippen molar-refractivity contribution in [3.8, 4) is 11.3 Å². The van der Waals surface area contributed by atoms with Gasteiger partial charge in [-0.05, 0) is 42.7 Å². The summed E-state index contributed by atoms with van der Waals surface area (Å²) in [5.41, 5.74) is 5.36. The molecular weight excluding hydrogens is 362 g/mol. The zero-order chi connectivity index (χ0) is 20.2. The Bertz CT molecular complexity index is 861. The number of amides is 1. The van der Waals surface area contributed by atoms with E-state index in [1.54, 1.807) is 6.92 Å². The van der Waals surface area contributed by atoms with Gasteiger partial charge < -0.3 is 14.9 Å². The number of carbonyl (C=O) groups is 1. The van der Waals surface area contributed by atoms with Gasteiger partial charge in [-0.15, -0.1) is 0 Å². The summed E-state index contributed by atoms with van der Waals surface area (Å²) in [5, 5.41) is 9.22. The lowest BCUT2D eigenvalue weighted by molar-refractivity contribution is -0.129. The molecule has 5 heteroatoms. The molecule has 2 aliphatic rings. The van der Waals surface area contributed by atoms with Crippen molar-refractivity contribution in [1.82, 2.24) is 9.88 Å². The van der Waals surface area contributed by atoms with Gasteiger partial charge in [0.05, 0.1) is 5.69 Å². The number of rotatable bonds is 4. The Kier molecular flexibility index (Phi) is 6.14. The normalized spacial score (nSPS) is 17.7. The number of pyridine rings is 1. The SMILES string of the molecule is CC(=O)N1CCN(C2CCCCC2)c2ccc(-c3cccc(CCO)n3)cc2C1. The quantitative estimate of drug-likeness (QED) is 0.859. The Morgan fingerprint density at radius 1 is 1.14 bits per heavy atom. The molecule has 0 radical (unpaired) electrons. The zero-order valence-electron chi connectivity index (χ0n) is 17.3. The van der Waals surface area contributed by atoms with Crippen LogP contribution in [0.15, 0.2) is 36.4 Å². The first-order valence-corrected chi connectivity index (χ1v) is 10.9. The molecule has 5 nitrogen and oxygen atoms in total. The van der Waals surface area contributed by atoms with E-state index >= 15 is 0 Å².